The lowest BCUT2D eigenvalue weighted by molar-refractivity contribution is 0.00605. The number of benzene rings is 1. The van der Waals surface area contributed by atoms with Crippen molar-refractivity contribution < 1.29 is 14.3 Å². The predicted molar refractivity (Wildman–Crippen MR) is 104 cm³/mol. The molecule has 2 atom stereocenters. The fraction of sp³-hybridized carbons (Fsp3) is 0.611. The lowest BCUT2D eigenvalue weighted by atomic mass is 10.0. The molecule has 0 aliphatic carbocycles. The van der Waals surface area contributed by atoms with Gasteiger partial charge in [0.15, 0.2) is 0 Å². The molecule has 2 unspecified atom stereocenters. The number of ether oxygens (including phenoxy) is 2. The minimum Gasteiger partial charge on any atom is -0.496 e. The molecule has 1 aromatic carbocycles. The van der Waals surface area contributed by atoms with Crippen molar-refractivity contribution in [2.75, 3.05) is 46.1 Å². The normalized spacial score (nSPS) is 20.8. The molecule has 1 aliphatic heterocycles. The molecule has 0 saturated carbocycles. The molecular weight excluding hydrogens is 356 g/mol. The number of methoxy groups -OCH3 is 2. The van der Waals surface area contributed by atoms with Crippen LogP contribution in [0.2, 0.25) is 5.02 Å². The average molecular weight is 385 g/mol. The largest absolute Gasteiger partial charge is 0.496 e. The Bertz CT molecular complexity index is 614. The second kappa shape index (κ2) is 9.97. The van der Waals surface area contributed by atoms with Gasteiger partial charge in [0.1, 0.15) is 5.75 Å². The Morgan fingerprint density at radius 3 is 2.81 bits per heavy atom. The third-order valence-corrected chi connectivity index (χ3v) is 5.08. The van der Waals surface area contributed by atoms with Crippen LogP contribution in [0.3, 0.4) is 0 Å². The minimum atomic E-state index is -0.243. The van der Waals surface area contributed by atoms with E-state index in [1.54, 1.807) is 13.2 Å². The van der Waals surface area contributed by atoms with E-state index in [0.717, 1.165) is 38.9 Å². The summed E-state index contributed by atoms with van der Waals surface area (Å²) in [7, 11) is 3.17. The SMILES string of the molecule is COc1cc(N)c(Cl)cc1C(=O)NC1CCN(CCCCN)CC1OC. The van der Waals surface area contributed by atoms with Crippen LogP contribution in [0.4, 0.5) is 5.69 Å². The number of nitrogens with one attached hydrogen (secondary N) is 1. The van der Waals surface area contributed by atoms with Gasteiger partial charge in [0.2, 0.25) is 0 Å². The van der Waals surface area contributed by atoms with E-state index >= 15 is 0 Å². The highest BCUT2D eigenvalue weighted by Gasteiger charge is 2.31. The molecular formula is C18H29ClN4O3. The van der Waals surface area contributed by atoms with Gasteiger partial charge in [0.25, 0.3) is 5.91 Å². The first-order chi connectivity index (χ1) is 12.5. The number of nitrogens with zero attached hydrogens (tertiary/aromatic N) is 1. The van der Waals surface area contributed by atoms with E-state index in [2.05, 4.69) is 10.2 Å². The first-order valence-corrected chi connectivity index (χ1v) is 9.27. The van der Waals surface area contributed by atoms with Crippen molar-refractivity contribution in [2.24, 2.45) is 5.73 Å². The number of hydrogen-bond donors (Lipinski definition) is 3. The molecule has 1 fully saturated rings. The van der Waals surface area contributed by atoms with Crippen molar-refractivity contribution in [1.29, 1.82) is 0 Å². The molecule has 1 heterocycles. The highest BCUT2D eigenvalue weighted by Crippen LogP contribution is 2.29. The van der Waals surface area contributed by atoms with E-state index in [4.69, 9.17) is 32.5 Å². The zero-order chi connectivity index (χ0) is 19.1. The predicted octanol–water partition coefficient (Wildman–Crippen LogP) is 1.49. The summed E-state index contributed by atoms with van der Waals surface area (Å²) in [5.41, 5.74) is 12.1. The molecule has 1 aliphatic rings. The maximum absolute atomic E-state index is 12.7. The number of hydrogen-bond acceptors (Lipinski definition) is 6. The molecule has 1 amide bonds. The van der Waals surface area contributed by atoms with Gasteiger partial charge in [-0.25, -0.2) is 0 Å². The number of unbranched alkanes of at least 4 members (excludes halogenated alkanes) is 1. The van der Waals surface area contributed by atoms with Gasteiger partial charge in [-0.15, -0.1) is 0 Å². The van der Waals surface area contributed by atoms with E-state index in [0.29, 0.717) is 28.6 Å². The van der Waals surface area contributed by atoms with E-state index < -0.39 is 0 Å². The van der Waals surface area contributed by atoms with Crippen molar-refractivity contribution >= 4 is 23.2 Å². The fourth-order valence-corrected chi connectivity index (χ4v) is 3.39. The number of halogens is 1. The fourth-order valence-electron chi connectivity index (χ4n) is 3.23. The standard InChI is InChI=1S/C18H29ClN4O3/c1-25-16-10-14(21)13(19)9-12(16)18(24)22-15-5-8-23(7-4-3-6-20)11-17(15)26-2/h9-10,15,17H,3-8,11,20-21H2,1-2H3,(H,22,24). The van der Waals surface area contributed by atoms with Crippen LogP contribution in [0.25, 0.3) is 0 Å². The van der Waals surface area contributed by atoms with Gasteiger partial charge in [-0.05, 0) is 38.4 Å². The van der Waals surface area contributed by atoms with Crippen molar-refractivity contribution in [3.05, 3.63) is 22.7 Å². The summed E-state index contributed by atoms with van der Waals surface area (Å²) in [5.74, 6) is 0.157. The molecule has 1 aromatic rings. The van der Waals surface area contributed by atoms with Crippen LogP contribution < -0.4 is 21.5 Å². The van der Waals surface area contributed by atoms with Crippen molar-refractivity contribution in [2.45, 2.75) is 31.4 Å². The number of amides is 1. The second-order valence-electron chi connectivity index (χ2n) is 6.51. The number of likely N-dealkylation sites (tertiary alicyclic amines) is 1. The van der Waals surface area contributed by atoms with Crippen molar-refractivity contribution in [3.63, 3.8) is 0 Å². The van der Waals surface area contributed by atoms with Gasteiger partial charge < -0.3 is 31.2 Å². The van der Waals surface area contributed by atoms with E-state index in [9.17, 15) is 4.79 Å². The van der Waals surface area contributed by atoms with Gasteiger partial charge in [-0.2, -0.15) is 0 Å². The number of nitrogens with two attached hydrogens (primary N) is 2. The van der Waals surface area contributed by atoms with Gasteiger partial charge in [0.05, 0.1) is 35.5 Å². The number of anilines is 1. The lowest BCUT2D eigenvalue weighted by Gasteiger charge is -2.38. The monoisotopic (exact) mass is 384 g/mol. The molecule has 2 rings (SSSR count). The Labute approximate surface area is 159 Å². The van der Waals surface area contributed by atoms with E-state index in [1.165, 1.54) is 13.2 Å². The highest BCUT2D eigenvalue weighted by atomic mass is 35.5. The molecule has 7 nitrogen and oxygen atoms in total. The smallest absolute Gasteiger partial charge is 0.255 e. The Kier molecular flexibility index (Phi) is 7.96. The molecule has 5 N–H and O–H groups in total. The molecule has 0 radical (unpaired) electrons. The van der Waals surface area contributed by atoms with Crippen LogP contribution in [-0.2, 0) is 4.74 Å². The zero-order valence-electron chi connectivity index (χ0n) is 15.5. The number of carbonyl (C=O) groups excluding carboxylic acids is 1. The maximum Gasteiger partial charge on any atom is 0.255 e. The topological polar surface area (TPSA) is 103 Å². The summed E-state index contributed by atoms with van der Waals surface area (Å²) in [6.07, 6.45) is 2.84. The second-order valence-corrected chi connectivity index (χ2v) is 6.92. The Morgan fingerprint density at radius 1 is 1.38 bits per heavy atom. The van der Waals surface area contributed by atoms with Crippen LogP contribution in [0.1, 0.15) is 29.6 Å². The molecule has 0 bridgehead atoms. The van der Waals surface area contributed by atoms with Crippen LogP contribution in [0, 0.1) is 0 Å². The summed E-state index contributed by atoms with van der Waals surface area (Å²) < 4.78 is 10.9. The van der Waals surface area contributed by atoms with Crippen LogP contribution >= 0.6 is 11.6 Å². The Hall–Kier alpha value is -1.54. The van der Waals surface area contributed by atoms with Crippen LogP contribution in [0.15, 0.2) is 12.1 Å². The molecule has 0 spiro atoms. The average Bonchev–Trinajstić information content (AvgIpc) is 2.64. The first-order valence-electron chi connectivity index (χ1n) is 8.89. The summed E-state index contributed by atoms with van der Waals surface area (Å²) in [5, 5.41) is 3.38. The third kappa shape index (κ3) is 5.23. The molecule has 146 valence electrons. The summed E-state index contributed by atoms with van der Waals surface area (Å²) >= 11 is 6.06. The zero-order valence-corrected chi connectivity index (χ0v) is 16.2. The van der Waals surface area contributed by atoms with E-state index in [1.807, 2.05) is 0 Å². The minimum absolute atomic E-state index is 0.0687. The number of nitrogen functional groups attached to an aromatic ring is 1. The highest BCUT2D eigenvalue weighted by molar-refractivity contribution is 6.33. The van der Waals surface area contributed by atoms with Crippen LogP contribution in [-0.4, -0.2) is 63.4 Å². The van der Waals surface area contributed by atoms with Gasteiger partial charge in [0, 0.05) is 26.3 Å². The third-order valence-electron chi connectivity index (χ3n) is 4.75. The van der Waals surface area contributed by atoms with Crippen LogP contribution in [0.5, 0.6) is 5.75 Å². The molecule has 0 aromatic heterocycles. The van der Waals surface area contributed by atoms with Crippen molar-refractivity contribution in [1.82, 2.24) is 10.2 Å². The first kappa shape index (κ1) is 20.8. The number of rotatable bonds is 8. The van der Waals surface area contributed by atoms with Gasteiger partial charge in [-0.1, -0.05) is 11.6 Å². The van der Waals surface area contributed by atoms with Gasteiger partial charge in [-0.3, -0.25) is 4.79 Å². The van der Waals surface area contributed by atoms with E-state index in [-0.39, 0.29) is 18.1 Å². The van der Waals surface area contributed by atoms with Crippen molar-refractivity contribution in [3.8, 4) is 5.75 Å². The molecule has 8 heteroatoms. The quantitative estimate of drug-likeness (QED) is 0.463. The molecule has 26 heavy (non-hydrogen) atoms. The summed E-state index contributed by atoms with van der Waals surface area (Å²) in [4.78, 5) is 15.1. The number of carbonyl (C=O) groups is 1. The lowest BCUT2D eigenvalue weighted by Crippen LogP contribution is -2.54. The summed E-state index contributed by atoms with van der Waals surface area (Å²) in [6.45, 7) is 3.41. The maximum atomic E-state index is 12.7. The number of piperidine rings is 1. The Morgan fingerprint density at radius 2 is 2.15 bits per heavy atom. The Balaban J connectivity index is 2.01. The van der Waals surface area contributed by atoms with Gasteiger partial charge >= 0.3 is 0 Å². The molecule has 1 saturated heterocycles. The summed E-state index contributed by atoms with van der Waals surface area (Å²) in [6, 6.07) is 3.03.